The Kier molecular flexibility index (Phi) is 5.72. The smallest absolute Gasteiger partial charge is 0.202 e. The fourth-order valence-electron chi connectivity index (χ4n) is 1.58. The molecule has 1 rings (SSSR count). The van der Waals surface area contributed by atoms with Crippen molar-refractivity contribution in [3.8, 4) is 0 Å². The highest BCUT2D eigenvalue weighted by Crippen LogP contribution is 2.19. The first-order valence-corrected chi connectivity index (χ1v) is 7.72. The molecule has 0 aliphatic rings. The summed E-state index contributed by atoms with van der Waals surface area (Å²) in [5.41, 5.74) is 0.793. The quantitative estimate of drug-likeness (QED) is 0.718. The molecule has 4 nitrogen and oxygen atoms in total. The molecule has 0 saturated heterocycles. The average molecular weight is 282 g/mol. The molecule has 5 heteroatoms. The van der Waals surface area contributed by atoms with Crippen molar-refractivity contribution in [2.45, 2.75) is 26.8 Å². The zero-order valence-corrected chi connectivity index (χ0v) is 12.3. The summed E-state index contributed by atoms with van der Waals surface area (Å²) in [7, 11) is -3.47. The van der Waals surface area contributed by atoms with E-state index in [4.69, 9.17) is 0 Å². The first-order valence-electron chi connectivity index (χ1n) is 6.24. The number of hydrogen-bond acceptors (Lipinski definition) is 2. The highest BCUT2D eigenvalue weighted by molar-refractivity contribution is 7.87. The monoisotopic (exact) mass is 282 g/mol. The summed E-state index contributed by atoms with van der Waals surface area (Å²) in [6.07, 6.45) is 2.56. The van der Waals surface area contributed by atoms with Crippen LogP contribution in [0.5, 0.6) is 0 Å². The van der Waals surface area contributed by atoms with Gasteiger partial charge in [-0.1, -0.05) is 50.3 Å². The Morgan fingerprint density at radius 3 is 2.42 bits per heavy atom. The van der Waals surface area contributed by atoms with E-state index in [1.807, 2.05) is 44.2 Å². The van der Waals surface area contributed by atoms with E-state index in [2.05, 4.69) is 16.0 Å². The van der Waals surface area contributed by atoms with Gasteiger partial charge in [0.15, 0.2) is 0 Å². The third-order valence-electron chi connectivity index (χ3n) is 2.75. The van der Waals surface area contributed by atoms with E-state index >= 15 is 0 Å². The van der Waals surface area contributed by atoms with Crippen molar-refractivity contribution in [1.29, 1.82) is 0 Å². The maximum atomic E-state index is 11.8. The SMILES string of the molecule is C=CCC(C)(C)CNS(=O)(=O)NCc1ccccc1. The molecular formula is C14H22N2O2S. The molecule has 0 saturated carbocycles. The maximum absolute atomic E-state index is 11.8. The fourth-order valence-corrected chi connectivity index (χ4v) is 2.62. The number of hydrogen-bond donors (Lipinski definition) is 2. The lowest BCUT2D eigenvalue weighted by molar-refractivity contribution is 0.368. The van der Waals surface area contributed by atoms with Crippen LogP contribution in [-0.4, -0.2) is 15.0 Å². The van der Waals surface area contributed by atoms with E-state index in [1.165, 1.54) is 0 Å². The Labute approximate surface area is 116 Å². The second-order valence-corrected chi connectivity index (χ2v) is 6.87. The van der Waals surface area contributed by atoms with Crippen LogP contribution in [0.4, 0.5) is 0 Å². The molecule has 2 N–H and O–H groups in total. The van der Waals surface area contributed by atoms with E-state index in [1.54, 1.807) is 6.08 Å². The molecule has 0 radical (unpaired) electrons. The van der Waals surface area contributed by atoms with Gasteiger partial charge in [-0.25, -0.2) is 4.72 Å². The molecule has 0 bridgehead atoms. The average Bonchev–Trinajstić information content (AvgIpc) is 2.36. The Hall–Kier alpha value is -1.17. The summed E-state index contributed by atoms with van der Waals surface area (Å²) in [4.78, 5) is 0. The second-order valence-electron chi connectivity index (χ2n) is 5.29. The molecule has 0 unspecified atom stereocenters. The van der Waals surface area contributed by atoms with E-state index in [9.17, 15) is 8.42 Å². The van der Waals surface area contributed by atoms with Gasteiger partial charge in [0.2, 0.25) is 0 Å². The summed E-state index contributed by atoms with van der Waals surface area (Å²) in [5, 5.41) is 0. The van der Waals surface area contributed by atoms with E-state index < -0.39 is 10.2 Å². The van der Waals surface area contributed by atoms with E-state index in [0.717, 1.165) is 12.0 Å². The van der Waals surface area contributed by atoms with Crippen LogP contribution in [0.25, 0.3) is 0 Å². The standard InChI is InChI=1S/C14H22N2O2S/c1-4-10-14(2,3)12-16-19(17,18)15-11-13-8-6-5-7-9-13/h4-9,15-16H,1,10-12H2,2-3H3. The van der Waals surface area contributed by atoms with Crippen molar-refractivity contribution in [3.05, 3.63) is 48.6 Å². The van der Waals surface area contributed by atoms with E-state index in [-0.39, 0.29) is 12.0 Å². The predicted molar refractivity (Wildman–Crippen MR) is 78.8 cm³/mol. The minimum Gasteiger partial charge on any atom is -0.202 e. The van der Waals surface area contributed by atoms with Crippen molar-refractivity contribution in [3.63, 3.8) is 0 Å². The van der Waals surface area contributed by atoms with Crippen LogP contribution >= 0.6 is 0 Å². The molecule has 1 aromatic rings. The van der Waals surface area contributed by atoms with Gasteiger partial charge in [0.25, 0.3) is 10.2 Å². The van der Waals surface area contributed by atoms with Crippen LogP contribution in [-0.2, 0) is 16.8 Å². The lowest BCUT2D eigenvalue weighted by atomic mass is 9.90. The Morgan fingerprint density at radius 2 is 1.84 bits per heavy atom. The van der Waals surface area contributed by atoms with Gasteiger partial charge in [-0.2, -0.15) is 13.1 Å². The Morgan fingerprint density at radius 1 is 1.21 bits per heavy atom. The van der Waals surface area contributed by atoms with Crippen LogP contribution in [0.3, 0.4) is 0 Å². The van der Waals surface area contributed by atoms with Crippen LogP contribution in [0.2, 0.25) is 0 Å². The van der Waals surface area contributed by atoms with Gasteiger partial charge in [-0.3, -0.25) is 0 Å². The van der Waals surface area contributed by atoms with Gasteiger partial charge in [-0.15, -0.1) is 6.58 Å². The van der Waals surface area contributed by atoms with Crippen LogP contribution in [0.15, 0.2) is 43.0 Å². The zero-order valence-electron chi connectivity index (χ0n) is 11.5. The molecule has 0 amide bonds. The zero-order chi connectivity index (χ0) is 14.4. The summed E-state index contributed by atoms with van der Waals surface area (Å²) >= 11 is 0. The van der Waals surface area contributed by atoms with Crippen LogP contribution in [0.1, 0.15) is 25.8 Å². The van der Waals surface area contributed by atoms with E-state index in [0.29, 0.717) is 6.54 Å². The number of allylic oxidation sites excluding steroid dienone is 1. The fraction of sp³-hybridized carbons (Fsp3) is 0.429. The topological polar surface area (TPSA) is 58.2 Å². The lowest BCUT2D eigenvalue weighted by Crippen LogP contribution is -2.41. The van der Waals surface area contributed by atoms with Crippen molar-refractivity contribution >= 4 is 10.2 Å². The number of benzene rings is 1. The van der Waals surface area contributed by atoms with Gasteiger partial charge in [0.05, 0.1) is 0 Å². The van der Waals surface area contributed by atoms with Gasteiger partial charge >= 0.3 is 0 Å². The summed E-state index contributed by atoms with van der Waals surface area (Å²) in [5.74, 6) is 0. The van der Waals surface area contributed by atoms with Crippen molar-refractivity contribution in [2.75, 3.05) is 6.54 Å². The van der Waals surface area contributed by atoms with Crippen molar-refractivity contribution in [2.24, 2.45) is 5.41 Å². The summed E-state index contributed by atoms with van der Waals surface area (Å²) in [6, 6.07) is 9.41. The third kappa shape index (κ3) is 6.52. The Balaban J connectivity index is 2.46. The normalized spacial score (nSPS) is 12.3. The largest absolute Gasteiger partial charge is 0.277 e. The Bertz CT molecular complexity index is 495. The summed E-state index contributed by atoms with van der Waals surface area (Å²) < 4.78 is 28.7. The molecule has 0 aliphatic carbocycles. The number of nitrogens with one attached hydrogen (secondary N) is 2. The minimum absolute atomic E-state index is 0.136. The molecule has 0 fully saturated rings. The van der Waals surface area contributed by atoms with Crippen molar-refractivity contribution < 1.29 is 8.42 Å². The second kappa shape index (κ2) is 6.84. The predicted octanol–water partition coefficient (Wildman–Crippen LogP) is 2.21. The highest BCUT2D eigenvalue weighted by Gasteiger charge is 2.19. The van der Waals surface area contributed by atoms with Crippen molar-refractivity contribution in [1.82, 2.24) is 9.44 Å². The molecular weight excluding hydrogens is 260 g/mol. The van der Waals surface area contributed by atoms with Gasteiger partial charge in [0, 0.05) is 13.1 Å². The van der Waals surface area contributed by atoms with Gasteiger partial charge in [0.1, 0.15) is 0 Å². The third-order valence-corrected chi connectivity index (χ3v) is 3.80. The maximum Gasteiger partial charge on any atom is 0.277 e. The van der Waals surface area contributed by atoms with Gasteiger partial charge < -0.3 is 0 Å². The molecule has 0 atom stereocenters. The molecule has 106 valence electrons. The highest BCUT2D eigenvalue weighted by atomic mass is 32.2. The molecule has 1 aromatic carbocycles. The molecule has 0 aromatic heterocycles. The van der Waals surface area contributed by atoms with Crippen LogP contribution < -0.4 is 9.44 Å². The lowest BCUT2D eigenvalue weighted by Gasteiger charge is -2.23. The summed E-state index contributed by atoms with van der Waals surface area (Å²) in [6.45, 7) is 8.33. The minimum atomic E-state index is -3.47. The molecule has 19 heavy (non-hydrogen) atoms. The molecule has 0 spiro atoms. The first-order chi connectivity index (χ1) is 8.85. The number of rotatable bonds is 8. The van der Waals surface area contributed by atoms with Gasteiger partial charge in [-0.05, 0) is 17.4 Å². The molecule has 0 heterocycles. The molecule has 0 aliphatic heterocycles. The first kappa shape index (κ1) is 15.9. The van der Waals surface area contributed by atoms with Crippen LogP contribution in [0, 0.1) is 5.41 Å².